The van der Waals surface area contributed by atoms with Gasteiger partial charge in [0.15, 0.2) is 5.82 Å². The predicted molar refractivity (Wildman–Crippen MR) is 73.4 cm³/mol. The van der Waals surface area contributed by atoms with Crippen molar-refractivity contribution in [3.63, 3.8) is 0 Å². The monoisotopic (exact) mass is 341 g/mol. The number of ether oxygens (including phenoxy) is 1. The number of nitrogens with two attached hydrogens (primary N) is 1. The van der Waals surface area contributed by atoms with Gasteiger partial charge in [0, 0.05) is 18.9 Å². The molecule has 0 aromatic carbocycles. The molecule has 3 N–H and O–H groups in total. The first-order valence-electron chi connectivity index (χ1n) is 5.95. The van der Waals surface area contributed by atoms with E-state index in [1.54, 1.807) is 16.8 Å². The molecule has 0 saturated carbocycles. The predicted octanol–water partition coefficient (Wildman–Crippen LogP) is 1.13. The summed E-state index contributed by atoms with van der Waals surface area (Å²) in [4.78, 5) is 21.0. The molecule has 2 aromatic rings. The molecule has 0 aliphatic carbocycles. The smallest absolute Gasteiger partial charge is 0.408 e. The Labute approximate surface area is 122 Å². The Morgan fingerprint density at radius 1 is 1.60 bits per heavy atom. The maximum atomic E-state index is 11.3. The first-order chi connectivity index (χ1) is 9.59. The van der Waals surface area contributed by atoms with Crippen LogP contribution < -0.4 is 5.73 Å². The number of carbonyl (C=O) groups is 1. The average molecular weight is 342 g/mol. The number of hydrogen-bond acceptors (Lipinski definition) is 5. The highest BCUT2D eigenvalue weighted by atomic mass is 79.9. The van der Waals surface area contributed by atoms with E-state index in [0.29, 0.717) is 34.9 Å². The lowest BCUT2D eigenvalue weighted by Gasteiger charge is -2.32. The standard InChI is InChI=1S/C11H12BrN5O3/c12-8-7-9(13)14-1-2-17(7)10(15-8)6-5-20-4-3-16(6)11(18)19/h1-2,6H,3-5H2,(H2,13,14)(H,18,19). The molecule has 2 aromatic heterocycles. The van der Waals surface area contributed by atoms with Crippen LogP contribution in [0.3, 0.4) is 0 Å². The van der Waals surface area contributed by atoms with E-state index in [0.717, 1.165) is 0 Å². The van der Waals surface area contributed by atoms with Crippen molar-refractivity contribution in [3.8, 4) is 0 Å². The molecule has 3 heterocycles. The van der Waals surface area contributed by atoms with Crippen molar-refractivity contribution in [1.29, 1.82) is 0 Å². The third kappa shape index (κ3) is 1.98. The van der Waals surface area contributed by atoms with E-state index in [1.807, 2.05) is 0 Å². The van der Waals surface area contributed by atoms with Crippen molar-refractivity contribution in [3.05, 3.63) is 22.8 Å². The number of rotatable bonds is 1. The number of morpholine rings is 1. The summed E-state index contributed by atoms with van der Waals surface area (Å²) in [6.45, 7) is 0.962. The van der Waals surface area contributed by atoms with Crippen LogP contribution in [0, 0.1) is 0 Å². The highest BCUT2D eigenvalue weighted by molar-refractivity contribution is 9.10. The number of hydrogen-bond donors (Lipinski definition) is 2. The van der Waals surface area contributed by atoms with E-state index >= 15 is 0 Å². The minimum absolute atomic E-state index is 0.264. The van der Waals surface area contributed by atoms with Crippen molar-refractivity contribution in [2.45, 2.75) is 6.04 Å². The molecular formula is C11H12BrN5O3. The Morgan fingerprint density at radius 3 is 3.15 bits per heavy atom. The van der Waals surface area contributed by atoms with Crippen molar-refractivity contribution in [2.75, 3.05) is 25.5 Å². The van der Waals surface area contributed by atoms with Crippen LogP contribution in [-0.4, -0.2) is 50.2 Å². The van der Waals surface area contributed by atoms with E-state index in [-0.39, 0.29) is 6.61 Å². The molecule has 1 amide bonds. The second kappa shape index (κ2) is 4.91. The van der Waals surface area contributed by atoms with Crippen molar-refractivity contribution in [1.82, 2.24) is 19.3 Å². The van der Waals surface area contributed by atoms with Gasteiger partial charge in [0.1, 0.15) is 22.0 Å². The number of amides is 1. The second-order valence-electron chi connectivity index (χ2n) is 4.36. The summed E-state index contributed by atoms with van der Waals surface area (Å²) < 4.78 is 7.66. The fraction of sp³-hybridized carbons (Fsp3) is 0.364. The number of carboxylic acid groups (broad SMARTS) is 1. The summed E-state index contributed by atoms with van der Waals surface area (Å²) in [6.07, 6.45) is 2.26. The first kappa shape index (κ1) is 13.1. The number of aromatic nitrogens is 3. The molecule has 8 nitrogen and oxygen atoms in total. The summed E-state index contributed by atoms with van der Waals surface area (Å²) in [5.41, 5.74) is 6.45. The van der Waals surface area contributed by atoms with Gasteiger partial charge in [-0.15, -0.1) is 0 Å². The molecule has 1 unspecified atom stereocenters. The summed E-state index contributed by atoms with van der Waals surface area (Å²) >= 11 is 3.33. The van der Waals surface area contributed by atoms with Gasteiger partial charge >= 0.3 is 6.09 Å². The summed E-state index contributed by atoms with van der Waals surface area (Å²) in [7, 11) is 0. The fourth-order valence-electron chi connectivity index (χ4n) is 2.32. The molecule has 9 heteroatoms. The van der Waals surface area contributed by atoms with Gasteiger partial charge in [0.05, 0.1) is 13.2 Å². The van der Waals surface area contributed by atoms with Gasteiger partial charge in [0.2, 0.25) is 0 Å². The number of nitrogen functional groups attached to an aromatic ring is 1. The number of imidazole rings is 1. The lowest BCUT2D eigenvalue weighted by molar-refractivity contribution is -0.00396. The minimum Gasteiger partial charge on any atom is -0.465 e. The lowest BCUT2D eigenvalue weighted by Crippen LogP contribution is -2.43. The molecule has 3 rings (SSSR count). The van der Waals surface area contributed by atoms with E-state index in [2.05, 4.69) is 25.9 Å². The summed E-state index contributed by atoms with van der Waals surface area (Å²) in [5, 5.41) is 9.29. The number of fused-ring (bicyclic) bond motifs is 1. The zero-order chi connectivity index (χ0) is 14.3. The number of halogens is 1. The molecule has 20 heavy (non-hydrogen) atoms. The largest absolute Gasteiger partial charge is 0.465 e. The Bertz CT molecular complexity index is 673. The molecule has 1 aliphatic heterocycles. The van der Waals surface area contributed by atoms with E-state index in [4.69, 9.17) is 10.5 Å². The van der Waals surface area contributed by atoms with Gasteiger partial charge in [-0.25, -0.2) is 14.8 Å². The van der Waals surface area contributed by atoms with Crippen molar-refractivity contribution < 1.29 is 14.6 Å². The molecule has 0 bridgehead atoms. The van der Waals surface area contributed by atoms with Gasteiger partial charge < -0.3 is 15.6 Å². The van der Waals surface area contributed by atoms with E-state index < -0.39 is 12.1 Å². The van der Waals surface area contributed by atoms with Gasteiger partial charge in [-0.05, 0) is 15.9 Å². The molecule has 1 aliphatic rings. The SMILES string of the molecule is Nc1nccn2c(C3COCCN3C(=O)O)nc(Br)c12. The Morgan fingerprint density at radius 2 is 2.40 bits per heavy atom. The molecule has 1 saturated heterocycles. The van der Waals surface area contributed by atoms with Crippen LogP contribution in [0.1, 0.15) is 11.9 Å². The van der Waals surface area contributed by atoms with Gasteiger partial charge in [-0.1, -0.05) is 0 Å². The average Bonchev–Trinajstić information content (AvgIpc) is 2.77. The second-order valence-corrected chi connectivity index (χ2v) is 5.11. The zero-order valence-corrected chi connectivity index (χ0v) is 11.9. The molecular weight excluding hydrogens is 330 g/mol. The van der Waals surface area contributed by atoms with Gasteiger partial charge in [0.25, 0.3) is 0 Å². The Hall–Kier alpha value is -1.87. The molecule has 0 radical (unpaired) electrons. The summed E-state index contributed by atoms with van der Waals surface area (Å²) in [5.74, 6) is 0.889. The van der Waals surface area contributed by atoms with Crippen LogP contribution in [0.4, 0.5) is 10.6 Å². The topological polar surface area (TPSA) is 106 Å². The van der Waals surface area contributed by atoms with Crippen LogP contribution in [0.25, 0.3) is 5.52 Å². The Kier molecular flexibility index (Phi) is 3.22. The van der Waals surface area contributed by atoms with E-state index in [9.17, 15) is 9.90 Å². The van der Waals surface area contributed by atoms with Crippen LogP contribution in [-0.2, 0) is 4.74 Å². The third-order valence-electron chi connectivity index (χ3n) is 3.24. The quantitative estimate of drug-likeness (QED) is 0.805. The van der Waals surface area contributed by atoms with Crippen LogP contribution in [0.2, 0.25) is 0 Å². The van der Waals surface area contributed by atoms with Crippen LogP contribution >= 0.6 is 15.9 Å². The highest BCUT2D eigenvalue weighted by Gasteiger charge is 2.32. The first-order valence-corrected chi connectivity index (χ1v) is 6.74. The lowest BCUT2D eigenvalue weighted by atomic mass is 10.2. The number of anilines is 1. The van der Waals surface area contributed by atoms with Crippen LogP contribution in [0.5, 0.6) is 0 Å². The molecule has 1 fully saturated rings. The third-order valence-corrected chi connectivity index (χ3v) is 3.79. The minimum atomic E-state index is -0.992. The molecule has 106 valence electrons. The molecule has 1 atom stereocenters. The maximum absolute atomic E-state index is 11.3. The van der Waals surface area contributed by atoms with Crippen molar-refractivity contribution in [2.24, 2.45) is 0 Å². The molecule has 0 spiro atoms. The number of nitrogens with zero attached hydrogens (tertiary/aromatic N) is 4. The van der Waals surface area contributed by atoms with Gasteiger partial charge in [-0.2, -0.15) is 0 Å². The van der Waals surface area contributed by atoms with E-state index in [1.165, 1.54) is 4.90 Å². The van der Waals surface area contributed by atoms with Crippen molar-refractivity contribution >= 4 is 33.4 Å². The summed E-state index contributed by atoms with van der Waals surface area (Å²) in [6, 6.07) is -0.471. The van der Waals surface area contributed by atoms with Gasteiger partial charge in [-0.3, -0.25) is 9.30 Å². The zero-order valence-electron chi connectivity index (χ0n) is 10.4. The Balaban J connectivity index is 2.14. The van der Waals surface area contributed by atoms with Crippen LogP contribution in [0.15, 0.2) is 17.0 Å². The highest BCUT2D eigenvalue weighted by Crippen LogP contribution is 2.29. The fourth-order valence-corrected chi connectivity index (χ4v) is 2.90. The normalized spacial score (nSPS) is 19.4. The maximum Gasteiger partial charge on any atom is 0.408 e.